The maximum atomic E-state index is 12.4. The molecule has 6 heteroatoms. The van der Waals surface area contributed by atoms with Crippen LogP contribution in [0, 0.1) is 23.7 Å². The lowest BCUT2D eigenvalue weighted by Crippen LogP contribution is -2.17. The summed E-state index contributed by atoms with van der Waals surface area (Å²) in [5.41, 5.74) is 3.19. The summed E-state index contributed by atoms with van der Waals surface area (Å²) in [6, 6.07) is 11.8. The standard InChI is InChI=1S/C33H40O6.C2H6/c1-5-6-9-22(2)28(34)18-15-23-16-19-29-32(23)27-12-7-10-24(33(27)39-29)11-8-13-31(35)38-21-25-14-17-26(36-3)20-30(25)37-4;1-2/h7,10,12,14-15,17-18,20,22-23,28-29,32,34H,8-9,11,13,16,19,21H2,1-4H3;1-2H3/b18-15+;. The molecule has 1 N–H and O–H groups in total. The largest absolute Gasteiger partial charge is 0.497 e. The molecule has 222 valence electrons. The van der Waals surface area contributed by atoms with Gasteiger partial charge in [-0.1, -0.05) is 51.1 Å². The van der Waals surface area contributed by atoms with Gasteiger partial charge in [0, 0.05) is 36.0 Å². The molecule has 4 rings (SSSR count). The van der Waals surface area contributed by atoms with E-state index in [2.05, 4.69) is 36.1 Å². The van der Waals surface area contributed by atoms with Crippen LogP contribution in [-0.2, 0) is 22.6 Å². The Morgan fingerprint density at radius 1 is 1.15 bits per heavy atom. The van der Waals surface area contributed by atoms with Crippen molar-refractivity contribution in [2.24, 2.45) is 11.8 Å². The monoisotopic (exact) mass is 562 g/mol. The van der Waals surface area contributed by atoms with Crippen LogP contribution in [0.25, 0.3) is 0 Å². The van der Waals surface area contributed by atoms with Crippen LogP contribution < -0.4 is 14.2 Å². The molecule has 1 aliphatic heterocycles. The van der Waals surface area contributed by atoms with Gasteiger partial charge in [0.15, 0.2) is 0 Å². The van der Waals surface area contributed by atoms with Crippen LogP contribution in [0.5, 0.6) is 17.2 Å². The molecule has 5 atom stereocenters. The van der Waals surface area contributed by atoms with Crippen molar-refractivity contribution < 1.29 is 28.8 Å². The van der Waals surface area contributed by atoms with Crippen molar-refractivity contribution in [1.82, 2.24) is 0 Å². The second kappa shape index (κ2) is 16.1. The predicted octanol–water partition coefficient (Wildman–Crippen LogP) is 7.02. The van der Waals surface area contributed by atoms with Gasteiger partial charge >= 0.3 is 5.97 Å². The van der Waals surface area contributed by atoms with Crippen LogP contribution in [0.3, 0.4) is 0 Å². The zero-order chi connectivity index (χ0) is 29.8. The minimum Gasteiger partial charge on any atom is -0.497 e. The molecule has 2 aromatic rings. The van der Waals surface area contributed by atoms with E-state index in [0.29, 0.717) is 42.6 Å². The van der Waals surface area contributed by atoms with Gasteiger partial charge in [-0.15, -0.1) is 11.8 Å². The average Bonchev–Trinajstić information content (AvgIpc) is 3.58. The Balaban J connectivity index is 0.00000226. The molecule has 0 amide bonds. The van der Waals surface area contributed by atoms with Crippen molar-refractivity contribution >= 4 is 5.97 Å². The van der Waals surface area contributed by atoms with E-state index in [1.807, 2.05) is 45.9 Å². The molecule has 1 fully saturated rings. The molecular weight excluding hydrogens is 516 g/mol. The summed E-state index contributed by atoms with van der Waals surface area (Å²) in [5.74, 6) is 8.78. The van der Waals surface area contributed by atoms with E-state index in [-0.39, 0.29) is 24.6 Å². The van der Waals surface area contributed by atoms with Crippen molar-refractivity contribution in [1.29, 1.82) is 0 Å². The highest BCUT2D eigenvalue weighted by Crippen LogP contribution is 2.52. The third-order valence-corrected chi connectivity index (χ3v) is 7.85. The number of allylic oxidation sites excluding steroid dienone is 1. The van der Waals surface area contributed by atoms with E-state index < -0.39 is 6.10 Å². The molecular formula is C35H46O6. The summed E-state index contributed by atoms with van der Waals surface area (Å²) in [7, 11) is 3.18. The minimum absolute atomic E-state index is 0.106. The lowest BCUT2D eigenvalue weighted by molar-refractivity contribution is -0.145. The van der Waals surface area contributed by atoms with Crippen LogP contribution in [0.15, 0.2) is 48.6 Å². The first kappa shape index (κ1) is 32.1. The van der Waals surface area contributed by atoms with Gasteiger partial charge in [-0.3, -0.25) is 4.79 Å². The number of rotatable bonds is 12. The van der Waals surface area contributed by atoms with Crippen molar-refractivity contribution in [3.8, 4) is 29.1 Å². The number of benzene rings is 2. The number of aliphatic hydroxyl groups excluding tert-OH is 1. The Morgan fingerprint density at radius 2 is 1.95 bits per heavy atom. The van der Waals surface area contributed by atoms with Gasteiger partial charge < -0.3 is 24.1 Å². The summed E-state index contributed by atoms with van der Waals surface area (Å²) in [6.45, 7) is 8.02. The van der Waals surface area contributed by atoms with E-state index in [1.54, 1.807) is 20.3 Å². The van der Waals surface area contributed by atoms with Gasteiger partial charge in [-0.25, -0.2) is 0 Å². The summed E-state index contributed by atoms with van der Waals surface area (Å²) in [6.07, 6.45) is 8.31. The Morgan fingerprint density at radius 3 is 2.68 bits per heavy atom. The summed E-state index contributed by atoms with van der Waals surface area (Å²) < 4.78 is 22.6. The zero-order valence-electron chi connectivity index (χ0n) is 25.4. The molecule has 0 aromatic heterocycles. The predicted molar refractivity (Wildman–Crippen MR) is 162 cm³/mol. The van der Waals surface area contributed by atoms with E-state index in [1.165, 1.54) is 5.56 Å². The molecule has 0 saturated heterocycles. The average molecular weight is 563 g/mol. The van der Waals surface area contributed by atoms with Crippen LogP contribution in [-0.4, -0.2) is 37.5 Å². The molecule has 0 bridgehead atoms. The van der Waals surface area contributed by atoms with E-state index in [9.17, 15) is 9.90 Å². The first-order chi connectivity index (χ1) is 19.9. The fourth-order valence-electron chi connectivity index (χ4n) is 5.58. The number of para-hydroxylation sites is 1. The summed E-state index contributed by atoms with van der Waals surface area (Å²) in [5, 5.41) is 10.5. The lowest BCUT2D eigenvalue weighted by atomic mass is 9.86. The number of carbonyl (C=O) groups excluding carboxylic acids is 1. The maximum absolute atomic E-state index is 12.4. The molecule has 6 nitrogen and oxygen atoms in total. The van der Waals surface area contributed by atoms with E-state index >= 15 is 0 Å². The Kier molecular flexibility index (Phi) is 12.6. The number of ether oxygens (including phenoxy) is 4. The SMILES string of the molecule is CC.CC#CCC(C)C(O)/C=C/C1CCC2Oc3c(CCCC(=O)OCc4ccc(OC)cc4OC)cccc3C12. The molecule has 5 unspecified atom stereocenters. The molecule has 41 heavy (non-hydrogen) atoms. The number of hydrogen-bond acceptors (Lipinski definition) is 6. The maximum Gasteiger partial charge on any atom is 0.306 e. The highest BCUT2D eigenvalue weighted by molar-refractivity contribution is 5.69. The number of hydrogen-bond donors (Lipinski definition) is 1. The van der Waals surface area contributed by atoms with Gasteiger partial charge in [-0.2, -0.15) is 0 Å². The lowest BCUT2D eigenvalue weighted by Gasteiger charge is -2.17. The minimum atomic E-state index is -0.497. The van der Waals surface area contributed by atoms with Crippen LogP contribution in [0.1, 0.15) is 82.4 Å². The number of methoxy groups -OCH3 is 2. The number of aliphatic hydroxyl groups is 1. The van der Waals surface area contributed by atoms with Gasteiger partial charge in [0.2, 0.25) is 0 Å². The number of fused-ring (bicyclic) bond motifs is 3. The zero-order valence-corrected chi connectivity index (χ0v) is 25.4. The third-order valence-electron chi connectivity index (χ3n) is 7.85. The molecule has 1 heterocycles. The van der Waals surface area contributed by atoms with Gasteiger partial charge in [0.1, 0.15) is 30.0 Å². The Labute approximate surface area is 246 Å². The number of carbonyl (C=O) groups is 1. The quantitative estimate of drug-likeness (QED) is 0.170. The second-order valence-corrected chi connectivity index (χ2v) is 10.4. The normalized spacial score (nSPS) is 19.9. The van der Waals surface area contributed by atoms with Crippen molar-refractivity contribution in [2.45, 2.75) is 91.0 Å². The van der Waals surface area contributed by atoms with Gasteiger partial charge in [0.05, 0.1) is 20.3 Å². The van der Waals surface area contributed by atoms with Crippen LogP contribution in [0.2, 0.25) is 0 Å². The first-order valence-electron chi connectivity index (χ1n) is 14.9. The first-order valence-corrected chi connectivity index (χ1v) is 14.9. The summed E-state index contributed by atoms with van der Waals surface area (Å²) in [4.78, 5) is 12.4. The number of esters is 1. The highest BCUT2D eigenvalue weighted by atomic mass is 16.5. The Bertz CT molecular complexity index is 1220. The van der Waals surface area contributed by atoms with Gasteiger partial charge in [-0.05, 0) is 62.1 Å². The van der Waals surface area contributed by atoms with Crippen LogP contribution in [0.4, 0.5) is 0 Å². The van der Waals surface area contributed by atoms with Gasteiger partial charge in [0.25, 0.3) is 0 Å². The third kappa shape index (κ3) is 8.30. The van der Waals surface area contributed by atoms with E-state index in [4.69, 9.17) is 18.9 Å². The molecule has 1 aliphatic carbocycles. The highest BCUT2D eigenvalue weighted by Gasteiger charge is 2.44. The second-order valence-electron chi connectivity index (χ2n) is 10.4. The molecule has 0 spiro atoms. The molecule has 2 aromatic carbocycles. The topological polar surface area (TPSA) is 74.2 Å². The molecule has 0 radical (unpaired) electrons. The number of aryl methyl sites for hydroxylation is 1. The summed E-state index contributed by atoms with van der Waals surface area (Å²) >= 11 is 0. The Hall–Kier alpha value is -3.43. The van der Waals surface area contributed by atoms with Crippen molar-refractivity contribution in [2.75, 3.05) is 14.2 Å². The van der Waals surface area contributed by atoms with Crippen molar-refractivity contribution in [3.05, 3.63) is 65.2 Å². The van der Waals surface area contributed by atoms with Crippen LogP contribution >= 0.6 is 0 Å². The fraction of sp³-hybridized carbons (Fsp3) is 0.514. The van der Waals surface area contributed by atoms with Crippen molar-refractivity contribution in [3.63, 3.8) is 0 Å². The molecule has 1 saturated carbocycles. The molecule has 2 aliphatic rings. The van der Waals surface area contributed by atoms with E-state index in [0.717, 1.165) is 36.1 Å². The fourth-order valence-corrected chi connectivity index (χ4v) is 5.58. The smallest absolute Gasteiger partial charge is 0.306 e.